The van der Waals surface area contributed by atoms with Crippen LogP contribution in [0, 0.1) is 11.3 Å². The SMILES string of the molecule is N#Cc1c2ccccc2c(-c2cccc3[se]c4c(-c5c6ccccc6c(-c6ccccc6)c6ccccc56)cccc4c23)c2ccccc12. The van der Waals surface area contributed by atoms with E-state index in [0.717, 1.165) is 27.1 Å². The molecule has 0 spiro atoms. The van der Waals surface area contributed by atoms with E-state index in [0.29, 0.717) is 0 Å². The van der Waals surface area contributed by atoms with Gasteiger partial charge in [-0.2, -0.15) is 0 Å². The molecule has 0 unspecified atom stereocenters. The Bertz CT molecular complexity index is 2880. The van der Waals surface area contributed by atoms with Crippen molar-refractivity contribution in [2.45, 2.75) is 0 Å². The van der Waals surface area contributed by atoms with Gasteiger partial charge in [0, 0.05) is 0 Å². The van der Waals surface area contributed by atoms with Crippen LogP contribution in [0.1, 0.15) is 5.56 Å². The molecule has 10 rings (SSSR count). The molecule has 0 atom stereocenters. The second kappa shape index (κ2) is 11.0. The van der Waals surface area contributed by atoms with Crippen LogP contribution in [0.15, 0.2) is 164 Å². The van der Waals surface area contributed by atoms with Crippen molar-refractivity contribution in [3.63, 3.8) is 0 Å². The standard InChI is InChI=1S/C47H27NSe/c48-28-41-30-16-4-6-18-32(30)44(33-19-7-5-17-31(33)41)38-24-13-27-42-46(38)40-26-12-25-39(47(40)49-42)45-36-22-10-8-20-34(36)43(29-14-2-1-3-15-29)35-21-9-11-23-37(35)45/h1-27H. The average molecular weight is 685 g/mol. The van der Waals surface area contributed by atoms with Gasteiger partial charge in [0.05, 0.1) is 0 Å². The molecule has 2 heteroatoms. The zero-order chi connectivity index (χ0) is 32.5. The maximum atomic E-state index is 10.3. The van der Waals surface area contributed by atoms with E-state index in [9.17, 15) is 5.26 Å². The summed E-state index contributed by atoms with van der Waals surface area (Å²) >= 11 is 0.107. The fourth-order valence-electron chi connectivity index (χ4n) is 8.13. The summed E-state index contributed by atoms with van der Waals surface area (Å²) in [5.74, 6) is 0. The third kappa shape index (κ3) is 4.11. The molecule has 49 heavy (non-hydrogen) atoms. The van der Waals surface area contributed by atoms with E-state index in [4.69, 9.17) is 0 Å². The van der Waals surface area contributed by atoms with E-state index < -0.39 is 0 Å². The van der Waals surface area contributed by atoms with Crippen LogP contribution in [0.3, 0.4) is 0 Å². The summed E-state index contributed by atoms with van der Waals surface area (Å²) in [7, 11) is 0. The van der Waals surface area contributed by atoms with Gasteiger partial charge >= 0.3 is 291 Å². The molecule has 0 saturated carbocycles. The van der Waals surface area contributed by atoms with Crippen LogP contribution in [-0.4, -0.2) is 14.5 Å². The molecule has 1 heterocycles. The van der Waals surface area contributed by atoms with E-state index >= 15 is 0 Å². The summed E-state index contributed by atoms with van der Waals surface area (Å²) < 4.78 is 2.84. The molecule has 1 nitrogen and oxygen atoms in total. The summed E-state index contributed by atoms with van der Waals surface area (Å²) in [6, 6.07) is 61.8. The van der Waals surface area contributed by atoms with Crippen LogP contribution >= 0.6 is 0 Å². The minimum atomic E-state index is 0.107. The third-order valence-electron chi connectivity index (χ3n) is 10.1. The Labute approximate surface area is 289 Å². The van der Waals surface area contributed by atoms with Crippen molar-refractivity contribution >= 4 is 76.9 Å². The first-order valence-corrected chi connectivity index (χ1v) is 18.3. The molecular formula is C47H27NSe. The normalized spacial score (nSPS) is 11.7. The number of nitrogens with zero attached hydrogens (tertiary/aromatic N) is 1. The average Bonchev–Trinajstić information content (AvgIpc) is 3.56. The molecule has 0 aliphatic heterocycles. The first-order valence-electron chi connectivity index (χ1n) is 16.6. The van der Waals surface area contributed by atoms with Crippen molar-refractivity contribution in [3.05, 3.63) is 169 Å². The van der Waals surface area contributed by atoms with Gasteiger partial charge in [0.25, 0.3) is 0 Å². The monoisotopic (exact) mass is 685 g/mol. The zero-order valence-electron chi connectivity index (χ0n) is 26.4. The van der Waals surface area contributed by atoms with Crippen molar-refractivity contribution in [3.8, 4) is 39.4 Å². The van der Waals surface area contributed by atoms with Crippen LogP contribution in [-0.2, 0) is 0 Å². The van der Waals surface area contributed by atoms with Crippen LogP contribution in [0.5, 0.6) is 0 Å². The number of benzene rings is 9. The second-order valence-electron chi connectivity index (χ2n) is 12.6. The fourth-order valence-corrected chi connectivity index (χ4v) is 10.7. The van der Waals surface area contributed by atoms with Gasteiger partial charge in [0.2, 0.25) is 0 Å². The Morgan fingerprint density at radius 3 is 1.37 bits per heavy atom. The topological polar surface area (TPSA) is 23.8 Å². The summed E-state index contributed by atoms with van der Waals surface area (Å²) in [6.45, 7) is 0. The number of rotatable bonds is 3. The number of hydrogen-bond acceptors (Lipinski definition) is 1. The van der Waals surface area contributed by atoms with E-state index in [1.54, 1.807) is 0 Å². The Hall–Kier alpha value is -5.97. The van der Waals surface area contributed by atoms with Crippen LogP contribution in [0.25, 0.3) is 95.8 Å². The van der Waals surface area contributed by atoms with Crippen molar-refractivity contribution in [1.82, 2.24) is 0 Å². The van der Waals surface area contributed by atoms with Gasteiger partial charge in [0.1, 0.15) is 0 Å². The van der Waals surface area contributed by atoms with Gasteiger partial charge < -0.3 is 0 Å². The van der Waals surface area contributed by atoms with Crippen LogP contribution in [0.4, 0.5) is 0 Å². The Morgan fingerprint density at radius 1 is 0.367 bits per heavy atom. The molecule has 9 aromatic carbocycles. The van der Waals surface area contributed by atoms with E-state index in [-0.39, 0.29) is 14.5 Å². The predicted molar refractivity (Wildman–Crippen MR) is 209 cm³/mol. The predicted octanol–water partition coefficient (Wildman–Crippen LogP) is 12.5. The van der Waals surface area contributed by atoms with Crippen LogP contribution < -0.4 is 0 Å². The van der Waals surface area contributed by atoms with E-state index in [1.807, 2.05) is 12.1 Å². The summed E-state index contributed by atoms with van der Waals surface area (Å²) in [4.78, 5) is 0. The van der Waals surface area contributed by atoms with Gasteiger partial charge in [0.15, 0.2) is 0 Å². The molecule has 0 fully saturated rings. The van der Waals surface area contributed by atoms with Gasteiger partial charge in [-0.3, -0.25) is 0 Å². The van der Waals surface area contributed by atoms with E-state index in [1.165, 1.54) is 74.2 Å². The molecule has 0 bridgehead atoms. The minimum absolute atomic E-state index is 0.107. The van der Waals surface area contributed by atoms with Crippen molar-refractivity contribution < 1.29 is 0 Å². The summed E-state index contributed by atoms with van der Waals surface area (Å²) in [5.41, 5.74) is 8.35. The molecule has 10 aromatic rings. The number of fused-ring (bicyclic) bond motifs is 7. The maximum absolute atomic E-state index is 10.3. The first kappa shape index (κ1) is 28.1. The van der Waals surface area contributed by atoms with E-state index in [2.05, 4.69) is 158 Å². The first-order chi connectivity index (χ1) is 24.3. The van der Waals surface area contributed by atoms with Gasteiger partial charge in [-0.25, -0.2) is 0 Å². The number of nitriles is 1. The molecule has 0 aliphatic carbocycles. The van der Waals surface area contributed by atoms with Crippen molar-refractivity contribution in [2.75, 3.05) is 0 Å². The van der Waals surface area contributed by atoms with Crippen molar-refractivity contribution in [1.29, 1.82) is 5.26 Å². The zero-order valence-corrected chi connectivity index (χ0v) is 28.2. The molecule has 0 aliphatic rings. The summed E-state index contributed by atoms with van der Waals surface area (Å²) in [6.07, 6.45) is 0. The molecule has 226 valence electrons. The Kier molecular flexibility index (Phi) is 6.33. The Balaban J connectivity index is 1.33. The second-order valence-corrected chi connectivity index (χ2v) is 14.8. The third-order valence-corrected chi connectivity index (χ3v) is 12.6. The molecule has 0 radical (unpaired) electrons. The molecule has 1 aromatic heterocycles. The van der Waals surface area contributed by atoms with Gasteiger partial charge in [-0.15, -0.1) is 0 Å². The molecule has 0 amide bonds. The van der Waals surface area contributed by atoms with Gasteiger partial charge in [-0.05, 0) is 0 Å². The molecule has 0 N–H and O–H groups in total. The van der Waals surface area contributed by atoms with Crippen molar-refractivity contribution in [2.24, 2.45) is 0 Å². The summed E-state index contributed by atoms with van der Waals surface area (Å²) in [5, 5.41) is 22.3. The fraction of sp³-hybridized carbons (Fsp3) is 0. The molecule has 0 saturated heterocycles. The van der Waals surface area contributed by atoms with Crippen LogP contribution in [0.2, 0.25) is 0 Å². The Morgan fingerprint density at radius 2 is 0.796 bits per heavy atom. The van der Waals surface area contributed by atoms with Gasteiger partial charge in [-0.1, -0.05) is 0 Å². The number of hydrogen-bond donors (Lipinski definition) is 0. The molecular weight excluding hydrogens is 657 g/mol. The quantitative estimate of drug-likeness (QED) is 0.134.